The minimum absolute atomic E-state index is 0.189. The molecule has 1 aromatic carbocycles. The Morgan fingerprint density at radius 2 is 2.24 bits per heavy atom. The van der Waals surface area contributed by atoms with Gasteiger partial charge in [0.25, 0.3) is 0 Å². The van der Waals surface area contributed by atoms with Crippen molar-refractivity contribution in [2.75, 3.05) is 26.3 Å². The summed E-state index contributed by atoms with van der Waals surface area (Å²) in [7, 11) is 0. The highest BCUT2D eigenvalue weighted by atomic mass is 16.5. The van der Waals surface area contributed by atoms with Crippen molar-refractivity contribution < 1.29 is 14.9 Å². The zero-order valence-corrected chi connectivity index (χ0v) is 12.5. The van der Waals surface area contributed by atoms with Crippen molar-refractivity contribution in [2.45, 2.75) is 25.9 Å². The molecule has 1 rings (SSSR count). The number of hydrogen-bond acceptors (Lipinski definition) is 5. The quantitative estimate of drug-likeness (QED) is 0.566. The lowest BCUT2D eigenvalue weighted by atomic mass is 10.1. The van der Waals surface area contributed by atoms with Gasteiger partial charge in [0.05, 0.1) is 11.6 Å². The summed E-state index contributed by atoms with van der Waals surface area (Å²) in [5.41, 5.74) is 0.540. The largest absolute Gasteiger partial charge is 0.491 e. The van der Waals surface area contributed by atoms with Crippen LogP contribution in [-0.4, -0.2) is 42.6 Å². The highest BCUT2D eigenvalue weighted by Gasteiger charge is 2.06. The van der Waals surface area contributed by atoms with Crippen molar-refractivity contribution in [3.05, 3.63) is 29.8 Å². The number of rotatable bonds is 10. The molecule has 2 unspecified atom stereocenters. The Bertz CT molecular complexity index is 445. The molecule has 21 heavy (non-hydrogen) atoms. The summed E-state index contributed by atoms with van der Waals surface area (Å²) < 4.78 is 5.45. The van der Waals surface area contributed by atoms with Crippen molar-refractivity contribution in [1.29, 1.82) is 5.26 Å². The summed E-state index contributed by atoms with van der Waals surface area (Å²) in [4.78, 5) is 0. The zero-order chi connectivity index (χ0) is 15.5. The topological polar surface area (TPSA) is 85.5 Å². The van der Waals surface area contributed by atoms with Gasteiger partial charge >= 0.3 is 0 Å². The maximum absolute atomic E-state index is 9.80. The van der Waals surface area contributed by atoms with Crippen molar-refractivity contribution in [3.8, 4) is 11.8 Å². The van der Waals surface area contributed by atoms with Crippen molar-refractivity contribution in [3.63, 3.8) is 0 Å². The van der Waals surface area contributed by atoms with Crippen molar-refractivity contribution in [2.24, 2.45) is 5.92 Å². The lowest BCUT2D eigenvalue weighted by Gasteiger charge is -2.14. The van der Waals surface area contributed by atoms with E-state index in [9.17, 15) is 5.11 Å². The third-order valence-corrected chi connectivity index (χ3v) is 3.15. The van der Waals surface area contributed by atoms with Gasteiger partial charge in [-0.3, -0.25) is 0 Å². The second-order valence-corrected chi connectivity index (χ2v) is 5.24. The molecule has 5 heteroatoms. The summed E-state index contributed by atoms with van der Waals surface area (Å²) in [5, 5.41) is 30.6. The van der Waals surface area contributed by atoms with Crippen molar-refractivity contribution >= 4 is 0 Å². The van der Waals surface area contributed by atoms with E-state index in [1.54, 1.807) is 24.3 Å². The molecule has 0 aliphatic rings. The lowest BCUT2D eigenvalue weighted by Crippen LogP contribution is -2.32. The van der Waals surface area contributed by atoms with E-state index in [0.717, 1.165) is 19.4 Å². The minimum atomic E-state index is -0.592. The van der Waals surface area contributed by atoms with Gasteiger partial charge in [-0.05, 0) is 43.5 Å². The van der Waals surface area contributed by atoms with Crippen LogP contribution in [0.25, 0.3) is 0 Å². The second-order valence-electron chi connectivity index (χ2n) is 5.24. The molecular weight excluding hydrogens is 268 g/mol. The molecule has 0 aliphatic heterocycles. The fraction of sp³-hybridized carbons (Fsp3) is 0.562. The van der Waals surface area contributed by atoms with E-state index in [0.29, 0.717) is 23.8 Å². The minimum Gasteiger partial charge on any atom is -0.491 e. The Morgan fingerprint density at radius 3 is 2.95 bits per heavy atom. The van der Waals surface area contributed by atoms with Gasteiger partial charge in [-0.1, -0.05) is 13.0 Å². The number of nitrogens with one attached hydrogen (secondary N) is 1. The van der Waals surface area contributed by atoms with Crippen LogP contribution in [0.1, 0.15) is 25.3 Å². The fourth-order valence-corrected chi connectivity index (χ4v) is 1.84. The number of ether oxygens (including phenoxy) is 1. The molecule has 0 aliphatic carbocycles. The first kappa shape index (κ1) is 17.4. The molecule has 0 spiro atoms. The number of hydrogen-bond donors (Lipinski definition) is 3. The van der Waals surface area contributed by atoms with E-state index in [1.807, 2.05) is 13.0 Å². The molecule has 0 aromatic heterocycles. The van der Waals surface area contributed by atoms with Gasteiger partial charge in [0, 0.05) is 13.2 Å². The van der Waals surface area contributed by atoms with E-state index in [2.05, 4.69) is 5.32 Å². The summed E-state index contributed by atoms with van der Waals surface area (Å²) in [5.74, 6) is 0.914. The molecule has 0 amide bonds. The second kappa shape index (κ2) is 10.2. The van der Waals surface area contributed by atoms with Crippen molar-refractivity contribution in [1.82, 2.24) is 5.32 Å². The van der Waals surface area contributed by atoms with E-state index < -0.39 is 6.10 Å². The first-order chi connectivity index (χ1) is 10.2. The Labute approximate surface area is 126 Å². The Morgan fingerprint density at radius 1 is 1.43 bits per heavy atom. The van der Waals surface area contributed by atoms with Gasteiger partial charge in [-0.15, -0.1) is 0 Å². The molecule has 0 fully saturated rings. The highest BCUT2D eigenvalue weighted by Crippen LogP contribution is 2.12. The molecule has 0 bridgehead atoms. The van der Waals surface area contributed by atoms with Crippen LogP contribution in [0.4, 0.5) is 0 Å². The van der Waals surface area contributed by atoms with Gasteiger partial charge in [-0.25, -0.2) is 0 Å². The third-order valence-electron chi connectivity index (χ3n) is 3.15. The molecule has 0 saturated carbocycles. The monoisotopic (exact) mass is 292 g/mol. The molecule has 0 heterocycles. The molecular formula is C16H24N2O3. The van der Waals surface area contributed by atoms with Gasteiger partial charge in [0.15, 0.2) is 0 Å². The normalized spacial score (nSPS) is 13.4. The van der Waals surface area contributed by atoms with E-state index in [-0.39, 0.29) is 13.2 Å². The average molecular weight is 292 g/mol. The van der Waals surface area contributed by atoms with Crippen LogP contribution in [0.15, 0.2) is 24.3 Å². The molecule has 0 radical (unpaired) electrons. The lowest BCUT2D eigenvalue weighted by molar-refractivity contribution is 0.106. The van der Waals surface area contributed by atoms with E-state index in [1.165, 1.54) is 0 Å². The first-order valence-corrected chi connectivity index (χ1v) is 7.28. The van der Waals surface area contributed by atoms with Crippen LogP contribution >= 0.6 is 0 Å². The predicted molar refractivity (Wildman–Crippen MR) is 81.0 cm³/mol. The number of aliphatic hydroxyl groups is 2. The molecule has 2 atom stereocenters. The number of nitrogens with zero attached hydrogens (tertiary/aromatic N) is 1. The summed E-state index contributed by atoms with van der Waals surface area (Å²) >= 11 is 0. The first-order valence-electron chi connectivity index (χ1n) is 7.28. The number of aliphatic hydroxyl groups excluding tert-OH is 2. The van der Waals surface area contributed by atoms with E-state index >= 15 is 0 Å². The molecule has 116 valence electrons. The standard InChI is InChI=1S/C16H24N2O3/c1-13(11-19)4-3-7-18-10-15(20)12-21-16-6-2-5-14(8-16)9-17/h2,5-6,8,13,15,18-20H,3-4,7,10-12H2,1H3. The molecule has 5 nitrogen and oxygen atoms in total. The summed E-state index contributed by atoms with van der Waals surface area (Å²) in [6.07, 6.45) is 1.35. The predicted octanol–water partition coefficient (Wildman–Crippen LogP) is 1.30. The van der Waals surface area contributed by atoms with Gasteiger partial charge in [-0.2, -0.15) is 5.26 Å². The Kier molecular flexibility index (Phi) is 8.44. The Hall–Kier alpha value is -1.61. The van der Waals surface area contributed by atoms with Crippen LogP contribution in [-0.2, 0) is 0 Å². The van der Waals surface area contributed by atoms with Crippen LogP contribution in [0.5, 0.6) is 5.75 Å². The third kappa shape index (κ3) is 7.66. The maximum Gasteiger partial charge on any atom is 0.120 e. The highest BCUT2D eigenvalue weighted by molar-refractivity contribution is 5.36. The van der Waals surface area contributed by atoms with Gasteiger partial charge in [0.1, 0.15) is 18.5 Å². The average Bonchev–Trinajstić information content (AvgIpc) is 2.52. The summed E-state index contributed by atoms with van der Waals surface area (Å²) in [6.45, 7) is 3.70. The smallest absolute Gasteiger partial charge is 0.120 e. The van der Waals surface area contributed by atoms with Crippen LogP contribution in [0.3, 0.4) is 0 Å². The molecule has 1 aromatic rings. The Balaban J connectivity index is 2.13. The zero-order valence-electron chi connectivity index (χ0n) is 12.5. The maximum atomic E-state index is 9.80. The number of benzene rings is 1. The van der Waals surface area contributed by atoms with Gasteiger partial charge < -0.3 is 20.3 Å². The molecule has 3 N–H and O–H groups in total. The SMILES string of the molecule is CC(CO)CCCNCC(O)COc1cccc(C#N)c1. The van der Waals surface area contributed by atoms with E-state index in [4.69, 9.17) is 15.1 Å². The van der Waals surface area contributed by atoms with Crippen LogP contribution < -0.4 is 10.1 Å². The van der Waals surface area contributed by atoms with Gasteiger partial charge in [0.2, 0.25) is 0 Å². The van der Waals surface area contributed by atoms with Crippen LogP contribution in [0.2, 0.25) is 0 Å². The molecule has 0 saturated heterocycles. The fourth-order valence-electron chi connectivity index (χ4n) is 1.84. The summed E-state index contributed by atoms with van der Waals surface area (Å²) in [6, 6.07) is 8.91. The number of nitriles is 1. The van der Waals surface area contributed by atoms with Crippen LogP contribution in [0, 0.1) is 17.2 Å².